The van der Waals surface area contributed by atoms with Crippen molar-refractivity contribution in [2.75, 3.05) is 7.11 Å². The van der Waals surface area contributed by atoms with Gasteiger partial charge in [0.1, 0.15) is 0 Å². The molecule has 24 heavy (non-hydrogen) atoms. The van der Waals surface area contributed by atoms with Crippen LogP contribution in [-0.2, 0) is 9.59 Å². The van der Waals surface area contributed by atoms with Gasteiger partial charge in [-0.15, -0.1) is 0 Å². The third-order valence-electron chi connectivity index (χ3n) is 4.99. The number of fused-ring (bicyclic) bond motifs is 5. The Morgan fingerprint density at radius 1 is 1.25 bits per heavy atom. The number of hydrogen-bond acceptors (Lipinski definition) is 4. The lowest BCUT2D eigenvalue weighted by atomic mass is 9.85. The average Bonchev–Trinajstić information content (AvgIpc) is 3.20. The van der Waals surface area contributed by atoms with E-state index in [1.165, 1.54) is 13.3 Å². The van der Waals surface area contributed by atoms with Crippen LogP contribution >= 0.6 is 27.5 Å². The molecule has 4 rings (SSSR count). The van der Waals surface area contributed by atoms with E-state index in [2.05, 4.69) is 33.2 Å². The molecule has 1 aromatic carbocycles. The van der Waals surface area contributed by atoms with Gasteiger partial charge in [-0.25, -0.2) is 0 Å². The molecule has 0 radical (unpaired) electrons. The lowest BCUT2D eigenvalue weighted by molar-refractivity contribution is -0.140. The normalized spacial score (nSPS) is 30.7. The summed E-state index contributed by atoms with van der Waals surface area (Å²) in [5, 5.41) is 5.58. The first-order valence-corrected chi connectivity index (χ1v) is 8.81. The molecule has 1 aliphatic heterocycles. The number of allylic oxidation sites excluding steroid dienone is 2. The van der Waals surface area contributed by atoms with Gasteiger partial charge in [0.05, 0.1) is 34.7 Å². The van der Waals surface area contributed by atoms with E-state index in [1.807, 2.05) is 0 Å². The first-order valence-electron chi connectivity index (χ1n) is 7.64. The maximum Gasteiger partial charge on any atom is 0.254 e. The summed E-state index contributed by atoms with van der Waals surface area (Å²) in [6.45, 7) is 0. The number of amides is 2. The maximum absolute atomic E-state index is 12.5. The molecule has 7 heteroatoms. The van der Waals surface area contributed by atoms with E-state index in [1.54, 1.807) is 12.1 Å². The van der Waals surface area contributed by atoms with Crippen LogP contribution in [-0.4, -0.2) is 30.1 Å². The van der Waals surface area contributed by atoms with Gasteiger partial charge in [0.25, 0.3) is 11.8 Å². The highest BCUT2D eigenvalue weighted by atomic mass is 79.9. The minimum absolute atomic E-state index is 0.182. The minimum Gasteiger partial charge on any atom is -0.494 e. The van der Waals surface area contributed by atoms with Crippen molar-refractivity contribution >= 4 is 45.6 Å². The summed E-state index contributed by atoms with van der Waals surface area (Å²) in [6.07, 6.45) is 6.50. The van der Waals surface area contributed by atoms with Crippen molar-refractivity contribution in [1.29, 1.82) is 0 Å². The highest BCUT2D eigenvalue weighted by Crippen LogP contribution is 2.52. The Labute approximate surface area is 152 Å². The van der Waals surface area contributed by atoms with Gasteiger partial charge in [-0.2, -0.15) is 10.1 Å². The Kier molecular flexibility index (Phi) is 3.77. The van der Waals surface area contributed by atoms with Gasteiger partial charge >= 0.3 is 0 Å². The summed E-state index contributed by atoms with van der Waals surface area (Å²) in [7, 11) is 1.53. The van der Waals surface area contributed by atoms with Gasteiger partial charge in [-0.05, 0) is 51.9 Å². The molecule has 2 aliphatic carbocycles. The fourth-order valence-electron chi connectivity index (χ4n) is 3.97. The summed E-state index contributed by atoms with van der Waals surface area (Å²) in [5.74, 6) is 0.0157. The summed E-state index contributed by atoms with van der Waals surface area (Å²) in [5.41, 5.74) is 0.673. The number of carbonyl (C=O) groups is 2. The Balaban J connectivity index is 1.59. The van der Waals surface area contributed by atoms with Crippen LogP contribution in [0.5, 0.6) is 5.75 Å². The van der Waals surface area contributed by atoms with E-state index in [0.29, 0.717) is 20.8 Å². The fourth-order valence-corrected chi connectivity index (χ4v) is 5.03. The number of methoxy groups -OCH3 is 1. The molecule has 1 heterocycles. The Morgan fingerprint density at radius 3 is 2.42 bits per heavy atom. The number of hydrazone groups is 1. The highest BCUT2D eigenvalue weighted by Gasteiger charge is 2.59. The van der Waals surface area contributed by atoms with Crippen molar-refractivity contribution in [3.63, 3.8) is 0 Å². The second-order valence-corrected chi connectivity index (χ2v) is 7.51. The lowest BCUT2D eigenvalue weighted by Gasteiger charge is -2.13. The molecule has 1 saturated carbocycles. The quantitative estimate of drug-likeness (QED) is 0.437. The zero-order valence-corrected chi connectivity index (χ0v) is 15.1. The van der Waals surface area contributed by atoms with Crippen LogP contribution in [0.15, 0.2) is 33.9 Å². The molecule has 0 N–H and O–H groups in total. The number of rotatable bonds is 3. The van der Waals surface area contributed by atoms with Gasteiger partial charge < -0.3 is 4.74 Å². The molecule has 1 aromatic rings. The van der Waals surface area contributed by atoms with E-state index in [-0.39, 0.29) is 35.5 Å². The smallest absolute Gasteiger partial charge is 0.254 e. The first kappa shape index (κ1) is 15.8. The van der Waals surface area contributed by atoms with Crippen molar-refractivity contribution in [1.82, 2.24) is 5.01 Å². The van der Waals surface area contributed by atoms with Gasteiger partial charge in [-0.1, -0.05) is 23.8 Å². The molecule has 0 unspecified atom stereocenters. The average molecular weight is 410 g/mol. The summed E-state index contributed by atoms with van der Waals surface area (Å²) >= 11 is 9.51. The second-order valence-electron chi connectivity index (χ2n) is 6.25. The molecule has 3 aliphatic rings. The van der Waals surface area contributed by atoms with Crippen LogP contribution in [0.2, 0.25) is 5.02 Å². The number of nitrogens with zero attached hydrogens (tertiary/aromatic N) is 2. The molecule has 0 aromatic heterocycles. The predicted molar refractivity (Wildman–Crippen MR) is 92.9 cm³/mol. The Bertz CT molecular complexity index is 754. The van der Waals surface area contributed by atoms with Crippen molar-refractivity contribution < 1.29 is 14.3 Å². The molecule has 0 spiro atoms. The Hall–Kier alpha value is -1.66. The third kappa shape index (κ3) is 2.24. The summed E-state index contributed by atoms with van der Waals surface area (Å²) < 4.78 is 5.85. The van der Waals surface area contributed by atoms with Gasteiger partial charge in [0.15, 0.2) is 5.75 Å². The molecular formula is C17H14BrClN2O3. The minimum atomic E-state index is -0.240. The van der Waals surface area contributed by atoms with Crippen molar-refractivity contribution in [3.8, 4) is 5.75 Å². The molecule has 124 valence electrons. The third-order valence-corrected chi connectivity index (χ3v) is 5.86. The van der Waals surface area contributed by atoms with Crippen LogP contribution in [0.4, 0.5) is 0 Å². The molecule has 5 nitrogen and oxygen atoms in total. The molecule has 2 fully saturated rings. The largest absolute Gasteiger partial charge is 0.494 e. The number of halogens is 2. The number of ether oxygens (including phenoxy) is 1. The maximum atomic E-state index is 12.5. The highest BCUT2D eigenvalue weighted by molar-refractivity contribution is 9.10. The molecular weight excluding hydrogens is 396 g/mol. The number of carbonyl (C=O) groups excluding carboxylic acids is 2. The number of imide groups is 1. The summed E-state index contributed by atoms with van der Waals surface area (Å²) in [6, 6.07) is 3.44. The first-order chi connectivity index (χ1) is 11.5. The van der Waals surface area contributed by atoms with Crippen LogP contribution < -0.4 is 4.74 Å². The molecule has 4 atom stereocenters. The fraction of sp³-hybridized carbons (Fsp3) is 0.353. The van der Waals surface area contributed by atoms with Gasteiger partial charge in [-0.3, -0.25) is 9.59 Å². The summed E-state index contributed by atoms with van der Waals surface area (Å²) in [4.78, 5) is 25.1. The zero-order valence-electron chi connectivity index (χ0n) is 12.8. The molecule has 2 bridgehead atoms. The monoisotopic (exact) mass is 408 g/mol. The van der Waals surface area contributed by atoms with Gasteiger partial charge in [0.2, 0.25) is 0 Å². The predicted octanol–water partition coefficient (Wildman–Crippen LogP) is 3.25. The van der Waals surface area contributed by atoms with E-state index in [4.69, 9.17) is 16.3 Å². The van der Waals surface area contributed by atoms with Crippen LogP contribution in [0, 0.1) is 23.7 Å². The molecule has 2 amide bonds. The van der Waals surface area contributed by atoms with Gasteiger partial charge in [0, 0.05) is 0 Å². The van der Waals surface area contributed by atoms with Crippen LogP contribution in [0.1, 0.15) is 12.0 Å². The molecule has 1 saturated heterocycles. The van der Waals surface area contributed by atoms with E-state index >= 15 is 0 Å². The van der Waals surface area contributed by atoms with Crippen molar-refractivity contribution in [2.24, 2.45) is 28.8 Å². The number of hydrogen-bond donors (Lipinski definition) is 0. The van der Waals surface area contributed by atoms with E-state index < -0.39 is 0 Å². The second kappa shape index (κ2) is 5.70. The van der Waals surface area contributed by atoms with E-state index in [0.717, 1.165) is 11.4 Å². The standard InChI is InChI=1S/C17H14BrClN2O3/c1-24-15-11(18)4-8(5-12(15)19)7-20-21-16(22)13-9-2-3-10(6-9)14(13)17(21)23/h2-5,7,9-10,13-14H,6H2,1H3/t9-,10-,13-,14+/m0/s1. The zero-order chi connectivity index (χ0) is 17.0. The van der Waals surface area contributed by atoms with E-state index in [9.17, 15) is 9.59 Å². The van der Waals surface area contributed by atoms with Crippen molar-refractivity contribution in [2.45, 2.75) is 6.42 Å². The van der Waals surface area contributed by atoms with Crippen molar-refractivity contribution in [3.05, 3.63) is 39.3 Å². The topological polar surface area (TPSA) is 59.0 Å². The van der Waals surface area contributed by atoms with Crippen LogP contribution in [0.25, 0.3) is 0 Å². The van der Waals surface area contributed by atoms with Crippen LogP contribution in [0.3, 0.4) is 0 Å². The number of benzene rings is 1. The SMILES string of the molecule is COc1c(Cl)cc(C=NN2C(=O)[C@@H]3[C@H](C2=O)[C@H]2C=C[C@H]3C2)cc1Br. The lowest BCUT2D eigenvalue weighted by Crippen LogP contribution is -2.28. The Morgan fingerprint density at radius 2 is 1.88 bits per heavy atom.